The number of aromatic nitrogens is 1. The number of benzene rings is 1. The molecule has 1 aliphatic rings. The predicted molar refractivity (Wildman–Crippen MR) is 100 cm³/mol. The zero-order valence-corrected chi connectivity index (χ0v) is 15.8. The normalized spacial score (nSPS) is 22.5. The summed E-state index contributed by atoms with van der Waals surface area (Å²) in [6.45, 7) is 4.20. The topological polar surface area (TPSA) is 90.5 Å². The fourth-order valence-electron chi connectivity index (χ4n) is 3.68. The Kier molecular flexibility index (Phi) is 5.98. The van der Waals surface area contributed by atoms with Crippen molar-refractivity contribution in [1.82, 2.24) is 9.88 Å². The largest absolute Gasteiger partial charge is 0.456 e. The highest BCUT2D eigenvalue weighted by atomic mass is 16.5. The van der Waals surface area contributed by atoms with Crippen LogP contribution in [0.5, 0.6) is 0 Å². The van der Waals surface area contributed by atoms with Crippen LogP contribution in [0.3, 0.4) is 0 Å². The summed E-state index contributed by atoms with van der Waals surface area (Å²) in [4.78, 5) is 35.9. The van der Waals surface area contributed by atoms with Gasteiger partial charge in [0, 0.05) is 12.6 Å². The second kappa shape index (κ2) is 8.41. The highest BCUT2D eigenvalue weighted by Gasteiger charge is 2.28. The third kappa shape index (κ3) is 4.59. The number of oxazole rings is 1. The number of carbonyl (C=O) groups is 2. The van der Waals surface area contributed by atoms with E-state index in [0.29, 0.717) is 22.9 Å². The van der Waals surface area contributed by atoms with E-state index < -0.39 is 11.7 Å². The molecular weight excluding hydrogens is 348 g/mol. The number of nitrogens with zero attached hydrogens (tertiary/aromatic N) is 1. The summed E-state index contributed by atoms with van der Waals surface area (Å²) >= 11 is 0. The molecule has 7 nitrogen and oxygen atoms in total. The number of hydrogen-bond donors (Lipinski definition) is 1. The Morgan fingerprint density at radius 2 is 2.04 bits per heavy atom. The number of amides is 1. The number of rotatable bonds is 6. The number of ether oxygens (including phenoxy) is 1. The monoisotopic (exact) mass is 374 g/mol. The molecule has 1 fully saturated rings. The summed E-state index contributed by atoms with van der Waals surface area (Å²) in [5.41, 5.74) is 1.11. The minimum absolute atomic E-state index is 0.00637. The van der Waals surface area contributed by atoms with E-state index in [2.05, 4.69) is 19.2 Å². The van der Waals surface area contributed by atoms with Crippen LogP contribution in [0.4, 0.5) is 0 Å². The van der Waals surface area contributed by atoms with Gasteiger partial charge >= 0.3 is 11.7 Å². The maximum atomic E-state index is 12.1. The third-order valence-corrected chi connectivity index (χ3v) is 5.53. The van der Waals surface area contributed by atoms with Crippen molar-refractivity contribution in [3.63, 3.8) is 0 Å². The molecule has 0 spiro atoms. The smallest absolute Gasteiger partial charge is 0.419 e. The minimum atomic E-state index is -0.521. The van der Waals surface area contributed by atoms with Crippen LogP contribution in [-0.4, -0.2) is 29.1 Å². The third-order valence-electron chi connectivity index (χ3n) is 5.53. The predicted octanol–water partition coefficient (Wildman–Crippen LogP) is 2.47. The van der Waals surface area contributed by atoms with Crippen LogP contribution in [0.1, 0.15) is 39.5 Å². The van der Waals surface area contributed by atoms with Crippen molar-refractivity contribution in [3.8, 4) is 0 Å². The van der Waals surface area contributed by atoms with Gasteiger partial charge in [0.2, 0.25) is 0 Å². The van der Waals surface area contributed by atoms with E-state index >= 15 is 0 Å². The number of carbonyl (C=O) groups excluding carboxylic acids is 2. The number of aryl methyl sites for hydroxylation is 1. The van der Waals surface area contributed by atoms with Crippen LogP contribution in [0.25, 0.3) is 11.1 Å². The van der Waals surface area contributed by atoms with E-state index in [0.717, 1.165) is 12.8 Å². The van der Waals surface area contributed by atoms with Gasteiger partial charge in [-0.05, 0) is 30.4 Å². The summed E-state index contributed by atoms with van der Waals surface area (Å²) < 4.78 is 11.6. The molecule has 1 heterocycles. The minimum Gasteiger partial charge on any atom is -0.456 e. The molecule has 3 atom stereocenters. The lowest BCUT2D eigenvalue weighted by atomic mass is 9.78. The van der Waals surface area contributed by atoms with Gasteiger partial charge in [0.25, 0.3) is 5.91 Å². The van der Waals surface area contributed by atoms with Gasteiger partial charge in [0.1, 0.15) is 0 Å². The zero-order valence-electron chi connectivity index (χ0n) is 15.8. The number of fused-ring (bicyclic) bond motifs is 1. The molecule has 1 aromatic carbocycles. The first-order valence-corrected chi connectivity index (χ1v) is 9.49. The molecule has 146 valence electrons. The van der Waals surface area contributed by atoms with Gasteiger partial charge in [0.05, 0.1) is 11.9 Å². The molecule has 1 N–H and O–H groups in total. The highest BCUT2D eigenvalue weighted by Crippen LogP contribution is 2.29. The maximum absolute atomic E-state index is 12.1. The molecule has 27 heavy (non-hydrogen) atoms. The number of hydrogen-bond acceptors (Lipinski definition) is 5. The fraction of sp³-hybridized carbons (Fsp3) is 0.550. The summed E-state index contributed by atoms with van der Waals surface area (Å²) in [6.07, 6.45) is 3.24. The SMILES string of the molecule is CC1CCCC(NC(=O)COC(=O)CCn2c(=O)oc3ccccc32)C1C. The van der Waals surface area contributed by atoms with Crippen LogP contribution in [0.15, 0.2) is 33.5 Å². The molecule has 0 aliphatic heterocycles. The molecule has 7 heteroatoms. The van der Waals surface area contributed by atoms with Crippen molar-refractivity contribution in [2.45, 2.75) is 52.1 Å². The first kappa shape index (κ1) is 19.2. The summed E-state index contributed by atoms with van der Waals surface area (Å²) in [6, 6.07) is 7.16. The van der Waals surface area contributed by atoms with Crippen LogP contribution in [-0.2, 0) is 20.9 Å². The molecule has 0 radical (unpaired) electrons. The van der Waals surface area contributed by atoms with E-state index in [1.54, 1.807) is 24.3 Å². The Morgan fingerprint density at radius 3 is 2.85 bits per heavy atom. The van der Waals surface area contributed by atoms with Gasteiger partial charge in [-0.3, -0.25) is 14.2 Å². The Morgan fingerprint density at radius 1 is 1.26 bits per heavy atom. The van der Waals surface area contributed by atoms with E-state index in [4.69, 9.17) is 9.15 Å². The lowest BCUT2D eigenvalue weighted by molar-refractivity contribution is -0.149. The second-order valence-corrected chi connectivity index (χ2v) is 7.34. The number of nitrogens with one attached hydrogen (secondary N) is 1. The van der Waals surface area contributed by atoms with Crippen LogP contribution < -0.4 is 11.1 Å². The standard InChI is InChI=1S/C20H26N2O5/c1-13-6-5-7-15(14(13)2)21-18(23)12-26-19(24)10-11-22-16-8-3-4-9-17(16)27-20(22)25/h3-4,8-9,13-15H,5-7,10-12H2,1-2H3,(H,21,23). The quantitative estimate of drug-likeness (QED) is 0.785. The Labute approximate surface area is 157 Å². The fourth-order valence-corrected chi connectivity index (χ4v) is 3.68. The van der Waals surface area contributed by atoms with Gasteiger partial charge in [-0.15, -0.1) is 0 Å². The van der Waals surface area contributed by atoms with Crippen molar-refractivity contribution in [2.75, 3.05) is 6.61 Å². The Hall–Kier alpha value is -2.57. The number of para-hydroxylation sites is 2. The first-order chi connectivity index (χ1) is 13.0. The Balaban J connectivity index is 1.46. The van der Waals surface area contributed by atoms with Crippen LogP contribution in [0.2, 0.25) is 0 Å². The maximum Gasteiger partial charge on any atom is 0.419 e. The van der Waals surface area contributed by atoms with Crippen molar-refractivity contribution in [2.24, 2.45) is 11.8 Å². The van der Waals surface area contributed by atoms with Crippen LogP contribution in [0, 0.1) is 11.8 Å². The van der Waals surface area contributed by atoms with E-state index in [1.165, 1.54) is 11.0 Å². The van der Waals surface area contributed by atoms with Gasteiger partial charge < -0.3 is 14.5 Å². The van der Waals surface area contributed by atoms with Gasteiger partial charge in [0.15, 0.2) is 12.2 Å². The van der Waals surface area contributed by atoms with Gasteiger partial charge in [-0.25, -0.2) is 4.79 Å². The summed E-state index contributed by atoms with van der Waals surface area (Å²) in [5, 5.41) is 2.97. The van der Waals surface area contributed by atoms with Crippen molar-refractivity contribution in [1.29, 1.82) is 0 Å². The molecule has 0 saturated heterocycles. The van der Waals surface area contributed by atoms with E-state index in [9.17, 15) is 14.4 Å². The van der Waals surface area contributed by atoms with Crippen molar-refractivity contribution in [3.05, 3.63) is 34.8 Å². The average Bonchev–Trinajstić information content (AvgIpc) is 2.97. The molecule has 0 bridgehead atoms. The molecule has 1 aliphatic carbocycles. The van der Waals surface area contributed by atoms with E-state index in [-0.39, 0.29) is 31.5 Å². The molecule has 1 amide bonds. The van der Waals surface area contributed by atoms with Gasteiger partial charge in [-0.2, -0.15) is 0 Å². The molecule has 1 aromatic heterocycles. The first-order valence-electron chi connectivity index (χ1n) is 9.49. The molecule has 2 aromatic rings. The van der Waals surface area contributed by atoms with E-state index in [1.807, 2.05) is 0 Å². The van der Waals surface area contributed by atoms with Crippen molar-refractivity contribution >= 4 is 23.0 Å². The number of esters is 1. The molecular formula is C20H26N2O5. The summed E-state index contributed by atoms with van der Waals surface area (Å²) in [7, 11) is 0. The molecule has 1 saturated carbocycles. The zero-order chi connectivity index (χ0) is 19.4. The molecule has 3 rings (SSSR count). The average molecular weight is 374 g/mol. The summed E-state index contributed by atoms with van der Waals surface area (Å²) in [5.74, 6) is -0.316. The lowest BCUT2D eigenvalue weighted by Crippen LogP contribution is -2.45. The van der Waals surface area contributed by atoms with Crippen molar-refractivity contribution < 1.29 is 18.7 Å². The lowest BCUT2D eigenvalue weighted by Gasteiger charge is -2.34. The second-order valence-electron chi connectivity index (χ2n) is 7.34. The highest BCUT2D eigenvalue weighted by molar-refractivity contribution is 5.80. The Bertz CT molecular complexity index is 869. The molecule has 3 unspecified atom stereocenters. The van der Waals surface area contributed by atoms with Crippen LogP contribution >= 0.6 is 0 Å². The van der Waals surface area contributed by atoms with Gasteiger partial charge in [-0.1, -0.05) is 38.8 Å².